The molecule has 0 aliphatic carbocycles. The monoisotopic (exact) mass is 650 g/mol. The third-order valence-electron chi connectivity index (χ3n) is 6.86. The quantitative estimate of drug-likeness (QED) is 0.105. The van der Waals surface area contributed by atoms with Crippen LogP contribution in [0.2, 0.25) is 0 Å². The second-order valence-corrected chi connectivity index (χ2v) is 13.0. The lowest BCUT2D eigenvalue weighted by atomic mass is 10.1. The Balaban J connectivity index is 1.27. The van der Waals surface area contributed by atoms with Crippen molar-refractivity contribution in [1.29, 1.82) is 0 Å². The molecule has 232 valence electrons. The van der Waals surface area contributed by atoms with Gasteiger partial charge in [0.1, 0.15) is 11.5 Å². The van der Waals surface area contributed by atoms with Crippen molar-refractivity contribution >= 4 is 57.7 Å². The van der Waals surface area contributed by atoms with E-state index in [2.05, 4.69) is 20.9 Å². The average Bonchev–Trinajstić information content (AvgIpc) is 3.41. The minimum Gasteiger partial charge on any atom is -0.321 e. The number of thiazole rings is 1. The molecule has 4 aromatic carbocycles. The molecule has 1 unspecified atom stereocenters. The molecule has 0 aliphatic rings. The Kier molecular flexibility index (Phi) is 10.4. The van der Waals surface area contributed by atoms with Crippen molar-refractivity contribution in [3.05, 3.63) is 136 Å². The first-order valence-corrected chi connectivity index (χ1v) is 16.1. The minimum absolute atomic E-state index is 0.131. The summed E-state index contributed by atoms with van der Waals surface area (Å²) in [6.45, 7) is 5.80. The average molecular weight is 651 g/mol. The summed E-state index contributed by atoms with van der Waals surface area (Å²) in [6.07, 6.45) is 1.29. The number of aryl methyl sites for hydroxylation is 2. The maximum Gasteiger partial charge on any atom is 0.272 e. The fourth-order valence-electron chi connectivity index (χ4n) is 4.43. The number of hydrogen-bond donors (Lipinski definition) is 3. The highest BCUT2D eigenvalue weighted by Crippen LogP contribution is 2.32. The number of halogens is 1. The zero-order valence-corrected chi connectivity index (χ0v) is 27.0. The second-order valence-electron chi connectivity index (χ2n) is 10.4. The molecule has 0 radical (unpaired) electrons. The smallest absolute Gasteiger partial charge is 0.272 e. The maximum atomic E-state index is 14.5. The van der Waals surface area contributed by atoms with E-state index >= 15 is 0 Å². The van der Waals surface area contributed by atoms with Gasteiger partial charge in [-0.15, -0.1) is 23.1 Å². The number of aromatic nitrogens is 1. The summed E-state index contributed by atoms with van der Waals surface area (Å²) in [4.78, 5) is 45.8. The molecule has 1 heterocycles. The van der Waals surface area contributed by atoms with E-state index in [1.54, 1.807) is 67.6 Å². The van der Waals surface area contributed by atoms with E-state index in [1.165, 1.54) is 41.3 Å². The number of thioether (sulfide) groups is 1. The van der Waals surface area contributed by atoms with Crippen molar-refractivity contribution in [3.8, 4) is 11.3 Å². The molecule has 46 heavy (non-hydrogen) atoms. The summed E-state index contributed by atoms with van der Waals surface area (Å²) in [5.74, 6) is -1.89. The molecule has 0 bridgehead atoms. The Labute approximate surface area is 275 Å². The van der Waals surface area contributed by atoms with E-state index in [0.29, 0.717) is 16.4 Å². The summed E-state index contributed by atoms with van der Waals surface area (Å²) in [5, 5.41) is 8.37. The van der Waals surface area contributed by atoms with Crippen LogP contribution in [0.15, 0.2) is 114 Å². The molecular weight excluding hydrogens is 620 g/mol. The Morgan fingerprint density at radius 1 is 0.870 bits per heavy atom. The Hall–Kier alpha value is -5.06. The van der Waals surface area contributed by atoms with Gasteiger partial charge in [0, 0.05) is 32.2 Å². The normalized spacial score (nSPS) is 11.9. The number of rotatable bonds is 10. The lowest BCUT2D eigenvalue weighted by Crippen LogP contribution is -2.30. The molecule has 1 atom stereocenters. The summed E-state index contributed by atoms with van der Waals surface area (Å²) >= 11 is 2.74. The van der Waals surface area contributed by atoms with E-state index in [4.69, 9.17) is 0 Å². The predicted molar refractivity (Wildman–Crippen MR) is 184 cm³/mol. The lowest BCUT2D eigenvalue weighted by molar-refractivity contribution is -0.115. The molecule has 0 fully saturated rings. The van der Waals surface area contributed by atoms with Crippen LogP contribution in [0.4, 0.5) is 15.2 Å². The van der Waals surface area contributed by atoms with Gasteiger partial charge in [0.2, 0.25) is 5.91 Å². The van der Waals surface area contributed by atoms with Crippen molar-refractivity contribution in [2.75, 3.05) is 10.6 Å². The number of benzene rings is 4. The first-order valence-electron chi connectivity index (χ1n) is 14.4. The van der Waals surface area contributed by atoms with Crippen LogP contribution in [-0.2, 0) is 9.59 Å². The topological polar surface area (TPSA) is 100 Å². The number of nitrogens with zero attached hydrogens (tertiary/aromatic N) is 1. The predicted octanol–water partition coefficient (Wildman–Crippen LogP) is 8.09. The van der Waals surface area contributed by atoms with Gasteiger partial charge < -0.3 is 16.0 Å². The molecule has 0 saturated carbocycles. The van der Waals surface area contributed by atoms with Crippen LogP contribution in [0.25, 0.3) is 17.3 Å². The largest absolute Gasteiger partial charge is 0.321 e. The number of carbonyl (C=O) groups excluding carboxylic acids is 3. The fourth-order valence-corrected chi connectivity index (χ4v) is 6.19. The number of anilines is 2. The Morgan fingerprint density at radius 3 is 2.33 bits per heavy atom. The lowest BCUT2D eigenvalue weighted by Gasteiger charge is -2.14. The van der Waals surface area contributed by atoms with Gasteiger partial charge >= 0.3 is 0 Å². The van der Waals surface area contributed by atoms with Crippen LogP contribution in [0, 0.1) is 19.7 Å². The zero-order valence-electron chi connectivity index (χ0n) is 25.3. The standard InChI is InChI=1S/C36H31FN4O3S2/c1-22-16-18-25(19-17-22)32-23(2)46-36(40-32)41-33(42)24(3)45-29-14-9-13-28(21-29)38-35(44)31(20-27-12-7-8-15-30(27)37)39-34(43)26-10-5-4-6-11-26/h4-21,24H,1-3H3,(H,38,44)(H,39,43)(H,40,41,42)/b31-20-. The summed E-state index contributed by atoms with van der Waals surface area (Å²) in [7, 11) is 0. The highest BCUT2D eigenvalue weighted by molar-refractivity contribution is 8.00. The van der Waals surface area contributed by atoms with E-state index in [1.807, 2.05) is 44.2 Å². The van der Waals surface area contributed by atoms with Crippen molar-refractivity contribution in [2.45, 2.75) is 30.9 Å². The van der Waals surface area contributed by atoms with Crippen LogP contribution < -0.4 is 16.0 Å². The van der Waals surface area contributed by atoms with E-state index in [0.717, 1.165) is 26.6 Å². The van der Waals surface area contributed by atoms with Crippen molar-refractivity contribution in [1.82, 2.24) is 10.3 Å². The Bertz CT molecular complexity index is 1910. The Morgan fingerprint density at radius 2 is 1.59 bits per heavy atom. The van der Waals surface area contributed by atoms with Gasteiger partial charge in [0.15, 0.2) is 5.13 Å². The number of amides is 3. The molecule has 0 spiro atoms. The van der Waals surface area contributed by atoms with E-state index < -0.39 is 22.9 Å². The summed E-state index contributed by atoms with van der Waals surface area (Å²) < 4.78 is 14.5. The molecule has 0 aliphatic heterocycles. The molecule has 1 aromatic heterocycles. The van der Waals surface area contributed by atoms with Gasteiger partial charge in [-0.25, -0.2) is 9.37 Å². The van der Waals surface area contributed by atoms with Crippen LogP contribution >= 0.6 is 23.1 Å². The summed E-state index contributed by atoms with van der Waals surface area (Å²) in [5.41, 5.74) is 3.79. The fraction of sp³-hybridized carbons (Fsp3) is 0.111. The van der Waals surface area contributed by atoms with Gasteiger partial charge in [0.25, 0.3) is 11.8 Å². The van der Waals surface area contributed by atoms with Crippen LogP contribution in [-0.4, -0.2) is 28.0 Å². The van der Waals surface area contributed by atoms with Crippen molar-refractivity contribution < 1.29 is 18.8 Å². The molecule has 3 N–H and O–H groups in total. The van der Waals surface area contributed by atoms with E-state index in [-0.39, 0.29) is 17.2 Å². The van der Waals surface area contributed by atoms with Crippen molar-refractivity contribution in [2.24, 2.45) is 0 Å². The first kappa shape index (κ1) is 32.3. The number of hydrogen-bond acceptors (Lipinski definition) is 6. The SMILES string of the molecule is Cc1ccc(-c2nc(NC(=O)C(C)Sc3cccc(NC(=O)/C(=C/c4ccccc4F)NC(=O)c4ccccc4)c3)sc2C)cc1. The van der Waals surface area contributed by atoms with Crippen molar-refractivity contribution in [3.63, 3.8) is 0 Å². The number of carbonyl (C=O) groups is 3. The first-order chi connectivity index (χ1) is 22.2. The van der Waals surface area contributed by atoms with Gasteiger partial charge in [-0.3, -0.25) is 14.4 Å². The number of nitrogens with one attached hydrogen (secondary N) is 3. The zero-order chi connectivity index (χ0) is 32.6. The molecule has 7 nitrogen and oxygen atoms in total. The highest BCUT2D eigenvalue weighted by Gasteiger charge is 2.19. The van der Waals surface area contributed by atoms with E-state index in [9.17, 15) is 18.8 Å². The summed E-state index contributed by atoms with van der Waals surface area (Å²) in [6, 6.07) is 29.5. The maximum absolute atomic E-state index is 14.5. The third-order valence-corrected chi connectivity index (χ3v) is 8.84. The second kappa shape index (κ2) is 14.8. The molecule has 5 aromatic rings. The molecular formula is C36H31FN4O3S2. The van der Waals surface area contributed by atoms with Gasteiger partial charge in [-0.1, -0.05) is 72.3 Å². The highest BCUT2D eigenvalue weighted by atomic mass is 32.2. The van der Waals surface area contributed by atoms with Gasteiger partial charge in [-0.2, -0.15) is 0 Å². The van der Waals surface area contributed by atoms with Crippen LogP contribution in [0.5, 0.6) is 0 Å². The molecule has 10 heteroatoms. The van der Waals surface area contributed by atoms with Gasteiger partial charge in [0.05, 0.1) is 10.9 Å². The minimum atomic E-state index is -0.635. The van der Waals surface area contributed by atoms with Crippen LogP contribution in [0.3, 0.4) is 0 Å². The third kappa shape index (κ3) is 8.35. The van der Waals surface area contributed by atoms with Crippen LogP contribution in [0.1, 0.15) is 33.3 Å². The molecule has 5 rings (SSSR count). The van der Waals surface area contributed by atoms with Gasteiger partial charge in [-0.05, 0) is 63.2 Å². The molecule has 3 amide bonds. The molecule has 0 saturated heterocycles.